The van der Waals surface area contributed by atoms with Crippen molar-refractivity contribution in [2.24, 2.45) is 0 Å². The van der Waals surface area contributed by atoms with Crippen molar-refractivity contribution < 1.29 is 13.6 Å². The third kappa shape index (κ3) is 4.49. The lowest BCUT2D eigenvalue weighted by molar-refractivity contribution is -0.131. The summed E-state index contributed by atoms with van der Waals surface area (Å²) in [4.78, 5) is 14.1. The summed E-state index contributed by atoms with van der Waals surface area (Å²) < 4.78 is 26.2. The van der Waals surface area contributed by atoms with E-state index in [9.17, 15) is 13.6 Å². The molecule has 0 atom stereocenters. The van der Waals surface area contributed by atoms with Crippen molar-refractivity contribution in [1.29, 1.82) is 0 Å². The van der Waals surface area contributed by atoms with Crippen LogP contribution in [0.4, 0.5) is 8.78 Å². The van der Waals surface area contributed by atoms with Crippen LogP contribution in [-0.4, -0.2) is 28.6 Å². The SMILES string of the molecule is CC(C)N(C(=O)CSc1ccc(F)cc1F)C(C)C. The maximum Gasteiger partial charge on any atom is 0.233 e. The summed E-state index contributed by atoms with van der Waals surface area (Å²) in [6.07, 6.45) is 0. The first kappa shape index (κ1) is 16.0. The van der Waals surface area contributed by atoms with E-state index in [-0.39, 0.29) is 23.7 Å². The van der Waals surface area contributed by atoms with Gasteiger partial charge in [0, 0.05) is 23.0 Å². The molecule has 0 radical (unpaired) electrons. The topological polar surface area (TPSA) is 20.3 Å². The maximum atomic E-state index is 13.4. The summed E-state index contributed by atoms with van der Waals surface area (Å²) in [5.74, 6) is -1.13. The molecule has 0 fully saturated rings. The number of rotatable bonds is 5. The predicted octanol–water partition coefficient (Wildman–Crippen LogP) is 3.70. The van der Waals surface area contributed by atoms with Crippen molar-refractivity contribution in [2.45, 2.75) is 44.7 Å². The summed E-state index contributed by atoms with van der Waals surface area (Å²) in [7, 11) is 0. The molecule has 19 heavy (non-hydrogen) atoms. The standard InChI is InChI=1S/C14H19F2NOS/c1-9(2)17(10(3)4)14(18)8-19-13-6-5-11(15)7-12(13)16/h5-7,9-10H,8H2,1-4H3. The summed E-state index contributed by atoms with van der Waals surface area (Å²) in [5.41, 5.74) is 0. The fourth-order valence-electron chi connectivity index (χ4n) is 1.98. The van der Waals surface area contributed by atoms with E-state index in [1.54, 1.807) is 4.90 Å². The molecule has 0 bridgehead atoms. The number of halogens is 2. The van der Waals surface area contributed by atoms with Gasteiger partial charge in [0.15, 0.2) is 0 Å². The Morgan fingerprint density at radius 1 is 1.21 bits per heavy atom. The highest BCUT2D eigenvalue weighted by Gasteiger charge is 2.20. The van der Waals surface area contributed by atoms with Crippen molar-refractivity contribution in [1.82, 2.24) is 4.90 Å². The molecule has 0 aromatic heterocycles. The second-order valence-corrected chi connectivity index (χ2v) is 5.87. The van der Waals surface area contributed by atoms with Gasteiger partial charge in [0.05, 0.1) is 5.75 Å². The second-order valence-electron chi connectivity index (χ2n) is 4.85. The minimum atomic E-state index is -0.626. The third-order valence-corrected chi connectivity index (χ3v) is 3.68. The number of hydrogen-bond acceptors (Lipinski definition) is 2. The Labute approximate surface area is 117 Å². The third-order valence-electron chi connectivity index (χ3n) is 2.65. The smallest absolute Gasteiger partial charge is 0.233 e. The fraction of sp³-hybridized carbons (Fsp3) is 0.500. The van der Waals surface area contributed by atoms with Gasteiger partial charge in [-0.1, -0.05) is 0 Å². The number of carbonyl (C=O) groups is 1. The van der Waals surface area contributed by atoms with Crippen LogP contribution >= 0.6 is 11.8 Å². The largest absolute Gasteiger partial charge is 0.337 e. The number of hydrogen-bond donors (Lipinski definition) is 0. The molecule has 0 saturated heterocycles. The van der Waals surface area contributed by atoms with Gasteiger partial charge in [-0.05, 0) is 39.8 Å². The Balaban J connectivity index is 2.67. The van der Waals surface area contributed by atoms with E-state index in [1.165, 1.54) is 12.1 Å². The number of benzene rings is 1. The molecule has 2 nitrogen and oxygen atoms in total. The minimum Gasteiger partial charge on any atom is -0.337 e. The molecular weight excluding hydrogens is 268 g/mol. The average molecular weight is 287 g/mol. The summed E-state index contributed by atoms with van der Waals surface area (Å²) in [6, 6.07) is 3.59. The molecule has 0 saturated carbocycles. The Morgan fingerprint density at radius 3 is 2.26 bits per heavy atom. The van der Waals surface area contributed by atoms with Crippen LogP contribution in [0.3, 0.4) is 0 Å². The van der Waals surface area contributed by atoms with Crippen LogP contribution in [0.15, 0.2) is 23.1 Å². The number of amides is 1. The zero-order chi connectivity index (χ0) is 14.6. The number of thioether (sulfide) groups is 1. The molecule has 5 heteroatoms. The van der Waals surface area contributed by atoms with Crippen molar-refractivity contribution in [3.63, 3.8) is 0 Å². The van der Waals surface area contributed by atoms with Crippen LogP contribution in [0.5, 0.6) is 0 Å². The summed E-state index contributed by atoms with van der Waals surface area (Å²) in [5, 5.41) is 0. The lowest BCUT2D eigenvalue weighted by Crippen LogP contribution is -2.43. The van der Waals surface area contributed by atoms with E-state index >= 15 is 0 Å². The van der Waals surface area contributed by atoms with Crippen LogP contribution in [0.2, 0.25) is 0 Å². The van der Waals surface area contributed by atoms with Gasteiger partial charge in [0.2, 0.25) is 5.91 Å². The van der Waals surface area contributed by atoms with Gasteiger partial charge in [-0.25, -0.2) is 8.78 Å². The Bertz CT molecular complexity index is 441. The molecular formula is C14H19F2NOS. The average Bonchev–Trinajstić information content (AvgIpc) is 2.26. The highest BCUT2D eigenvalue weighted by Crippen LogP contribution is 2.23. The van der Waals surface area contributed by atoms with Crippen molar-refractivity contribution in [3.8, 4) is 0 Å². The van der Waals surface area contributed by atoms with E-state index in [2.05, 4.69) is 0 Å². The Morgan fingerprint density at radius 2 is 1.79 bits per heavy atom. The van der Waals surface area contributed by atoms with Gasteiger partial charge in [0.1, 0.15) is 11.6 Å². The van der Waals surface area contributed by atoms with Gasteiger partial charge in [-0.15, -0.1) is 11.8 Å². The Hall–Kier alpha value is -1.10. The lowest BCUT2D eigenvalue weighted by atomic mass is 10.2. The number of nitrogens with zero attached hydrogens (tertiary/aromatic N) is 1. The van der Waals surface area contributed by atoms with E-state index in [0.717, 1.165) is 17.8 Å². The first-order valence-electron chi connectivity index (χ1n) is 6.22. The van der Waals surface area contributed by atoms with Crippen LogP contribution < -0.4 is 0 Å². The minimum absolute atomic E-state index is 0.0428. The molecule has 0 aliphatic rings. The Kier molecular flexibility index (Phi) is 5.79. The van der Waals surface area contributed by atoms with E-state index < -0.39 is 11.6 Å². The molecule has 1 aromatic rings. The molecule has 1 rings (SSSR count). The van der Waals surface area contributed by atoms with E-state index in [1.807, 2.05) is 27.7 Å². The highest BCUT2D eigenvalue weighted by molar-refractivity contribution is 8.00. The zero-order valence-electron chi connectivity index (χ0n) is 11.6. The van der Waals surface area contributed by atoms with Gasteiger partial charge >= 0.3 is 0 Å². The van der Waals surface area contributed by atoms with Crippen LogP contribution in [-0.2, 0) is 4.79 Å². The lowest BCUT2D eigenvalue weighted by Gasteiger charge is -2.30. The summed E-state index contributed by atoms with van der Waals surface area (Å²) >= 11 is 1.09. The predicted molar refractivity (Wildman–Crippen MR) is 74.2 cm³/mol. The fourth-order valence-corrected chi connectivity index (χ4v) is 2.77. The monoisotopic (exact) mass is 287 g/mol. The molecule has 0 spiro atoms. The molecule has 0 unspecified atom stereocenters. The molecule has 0 aliphatic carbocycles. The number of carbonyl (C=O) groups excluding carboxylic acids is 1. The van der Waals surface area contributed by atoms with Crippen LogP contribution in [0.1, 0.15) is 27.7 Å². The van der Waals surface area contributed by atoms with E-state index in [4.69, 9.17) is 0 Å². The normalized spacial score (nSPS) is 11.2. The molecule has 0 heterocycles. The molecule has 1 amide bonds. The zero-order valence-corrected chi connectivity index (χ0v) is 12.4. The van der Waals surface area contributed by atoms with Crippen molar-refractivity contribution >= 4 is 17.7 Å². The van der Waals surface area contributed by atoms with Gasteiger partial charge in [0.25, 0.3) is 0 Å². The van der Waals surface area contributed by atoms with Crippen molar-refractivity contribution in [3.05, 3.63) is 29.8 Å². The van der Waals surface area contributed by atoms with Crippen LogP contribution in [0, 0.1) is 11.6 Å². The first-order chi connectivity index (χ1) is 8.82. The quantitative estimate of drug-likeness (QED) is 0.770. The second kappa shape index (κ2) is 6.89. The highest BCUT2D eigenvalue weighted by atomic mass is 32.2. The summed E-state index contributed by atoms with van der Waals surface area (Å²) in [6.45, 7) is 7.78. The molecule has 0 N–H and O–H groups in total. The van der Waals surface area contributed by atoms with Gasteiger partial charge in [-0.2, -0.15) is 0 Å². The molecule has 106 valence electrons. The first-order valence-corrected chi connectivity index (χ1v) is 7.20. The maximum absolute atomic E-state index is 13.4. The molecule has 1 aromatic carbocycles. The van der Waals surface area contributed by atoms with E-state index in [0.29, 0.717) is 4.90 Å². The van der Waals surface area contributed by atoms with Crippen molar-refractivity contribution in [2.75, 3.05) is 5.75 Å². The molecule has 0 aliphatic heterocycles. The van der Waals surface area contributed by atoms with Gasteiger partial charge < -0.3 is 4.90 Å². The van der Waals surface area contributed by atoms with Crippen LogP contribution in [0.25, 0.3) is 0 Å². The van der Waals surface area contributed by atoms with Gasteiger partial charge in [-0.3, -0.25) is 4.79 Å².